The van der Waals surface area contributed by atoms with Gasteiger partial charge in [-0.2, -0.15) is 4.98 Å². The minimum atomic E-state index is -4.66. The summed E-state index contributed by atoms with van der Waals surface area (Å²) in [5.41, 5.74) is 2.12. The van der Waals surface area contributed by atoms with Crippen molar-refractivity contribution in [3.63, 3.8) is 0 Å². The van der Waals surface area contributed by atoms with Crippen molar-refractivity contribution < 1.29 is 78.5 Å². The van der Waals surface area contributed by atoms with Crippen molar-refractivity contribution in [1.82, 2.24) is 38.6 Å². The first kappa shape index (κ1) is 60.9. The Balaban J connectivity index is 1.11. The van der Waals surface area contributed by atoms with Crippen LogP contribution in [0.1, 0.15) is 62.9 Å². The monoisotopic (exact) mass is 1230 g/mol. The summed E-state index contributed by atoms with van der Waals surface area (Å²) >= 11 is 16.5. The Labute approximate surface area is 450 Å². The van der Waals surface area contributed by atoms with Gasteiger partial charge in [-0.1, -0.05) is 49.0 Å². The highest BCUT2D eigenvalue weighted by Gasteiger charge is 2.52. The Hall–Kier alpha value is -2.69. The van der Waals surface area contributed by atoms with Crippen molar-refractivity contribution in [1.29, 1.82) is 0 Å². The molecule has 3 saturated heterocycles. The van der Waals surface area contributed by atoms with Gasteiger partial charge in [0.2, 0.25) is 5.95 Å². The van der Waals surface area contributed by atoms with Crippen LogP contribution < -0.4 is 33.8 Å². The number of aliphatic hydroxyl groups excluding tert-OH is 1. The van der Waals surface area contributed by atoms with E-state index < -0.39 is 143 Å². The Morgan fingerprint density at radius 3 is 1.78 bits per heavy atom. The molecule has 6 N–H and O–H groups in total. The molecular formula is C37H55N9O22P4S4. The van der Waals surface area contributed by atoms with Gasteiger partial charge in [0, 0.05) is 50.1 Å². The number of nitrogens with zero attached hydrogens (tertiary/aromatic N) is 5. The predicted molar refractivity (Wildman–Crippen MR) is 279 cm³/mol. The second kappa shape index (κ2) is 25.0. The number of aryl methyl sites for hydroxylation is 2. The molecule has 424 valence electrons. The van der Waals surface area contributed by atoms with E-state index in [1.54, 1.807) is 13.8 Å². The molecule has 7 rings (SSSR count). The molecule has 31 nitrogen and oxygen atoms in total. The van der Waals surface area contributed by atoms with Crippen molar-refractivity contribution in [3.8, 4) is 0 Å². The second-order valence-electron chi connectivity index (χ2n) is 17.4. The first-order valence-corrected chi connectivity index (χ1v) is 33.5. The molecule has 0 bridgehead atoms. The maximum Gasteiger partial charge on any atom is 0.386 e. The summed E-state index contributed by atoms with van der Waals surface area (Å²) in [4.78, 5) is 78.1. The second-order valence-corrected chi connectivity index (χ2v) is 28.9. The fourth-order valence-corrected chi connectivity index (χ4v) is 14.4. The molecule has 4 aromatic rings. The average molecular weight is 1230 g/mol. The number of nitrogens with two attached hydrogens (primary N) is 1. The van der Waals surface area contributed by atoms with E-state index in [2.05, 4.69) is 73.9 Å². The molecular weight excluding hydrogens is 1170 g/mol. The first-order chi connectivity index (χ1) is 35.6. The summed E-state index contributed by atoms with van der Waals surface area (Å²) in [6.45, 7) is -14.0. The van der Waals surface area contributed by atoms with Crippen LogP contribution in [0.4, 0.5) is 5.95 Å². The Kier molecular flexibility index (Phi) is 20.0. The summed E-state index contributed by atoms with van der Waals surface area (Å²) in [7, 11) is 1.22. The highest BCUT2D eigenvalue weighted by atomic mass is 32.7. The third kappa shape index (κ3) is 15.2. The molecule has 39 heteroatoms. The summed E-state index contributed by atoms with van der Waals surface area (Å²) in [6, 6.07) is 0. The number of nitrogen functional groups attached to an aromatic ring is 1. The van der Waals surface area contributed by atoms with Gasteiger partial charge in [0.25, 0.3) is 16.7 Å². The smallest absolute Gasteiger partial charge is 0.386 e. The van der Waals surface area contributed by atoms with Crippen LogP contribution in [-0.2, 0) is 73.4 Å². The van der Waals surface area contributed by atoms with Crippen LogP contribution in [0.2, 0.25) is 0 Å². The van der Waals surface area contributed by atoms with Crippen molar-refractivity contribution in [2.75, 3.05) is 45.9 Å². The number of hydrogen-bond donors (Lipinski definition) is 9. The van der Waals surface area contributed by atoms with Crippen LogP contribution >= 0.6 is 76.2 Å². The number of H-pyrrole nitrogens is 3. The van der Waals surface area contributed by atoms with Crippen LogP contribution in [0.3, 0.4) is 0 Å². The third-order valence-corrected chi connectivity index (χ3v) is 18.2. The maximum atomic E-state index is 14.3. The Morgan fingerprint density at radius 2 is 1.22 bits per heavy atom. The predicted octanol–water partition coefficient (Wildman–Crippen LogP) is 3.09. The number of imidazole rings is 1. The van der Waals surface area contributed by atoms with E-state index in [0.29, 0.717) is 0 Å². The van der Waals surface area contributed by atoms with E-state index in [0.717, 1.165) is 9.13 Å². The average Bonchev–Trinajstić information content (AvgIpc) is 4.11. The Morgan fingerprint density at radius 1 is 0.711 bits per heavy atom. The van der Waals surface area contributed by atoms with E-state index in [4.69, 9.17) is 60.9 Å². The highest BCUT2D eigenvalue weighted by molar-refractivity contribution is 8.45. The third-order valence-electron chi connectivity index (χ3n) is 11.5. The number of methoxy groups -OCH3 is 1. The van der Waals surface area contributed by atoms with Gasteiger partial charge >= 0.3 is 38.6 Å². The van der Waals surface area contributed by atoms with E-state index in [9.17, 15) is 47.3 Å². The number of anilines is 1. The molecule has 7 unspecified atom stereocenters. The number of aliphatic hydroxyl groups is 1. The molecule has 0 amide bonds. The summed E-state index contributed by atoms with van der Waals surface area (Å²) in [6.07, 6.45) is -10.5. The number of aromatic nitrogens is 8. The van der Waals surface area contributed by atoms with E-state index in [-0.39, 0.29) is 60.7 Å². The van der Waals surface area contributed by atoms with Crippen molar-refractivity contribution in [3.05, 3.63) is 81.9 Å². The van der Waals surface area contributed by atoms with Crippen LogP contribution in [0.15, 0.2) is 42.7 Å². The molecule has 0 aliphatic carbocycles. The SMILES string of the molecule is CO[C@H]1C(OP(=O)(S)OCCCO)[C@@H](COP(=O)(S)OC2C[C@H](n3cc(C)c(=O)[nH]c3=O)O[C@@H]2COP(=O)(S)OC2C[C@H](n3cnc4c(=O)[nH]c(N)nc43)O[C@@H]2COP(=O)(S)OC(C)C)O[C@H]1n1cc(C)c(=O)[nH]c1=O. The lowest BCUT2D eigenvalue weighted by Crippen LogP contribution is -2.40. The van der Waals surface area contributed by atoms with Gasteiger partial charge in [0.15, 0.2) is 17.4 Å². The number of hydrogen-bond acceptors (Lipinski definition) is 25. The lowest BCUT2D eigenvalue weighted by Gasteiger charge is -2.27. The number of fused-ring (bicyclic) bond motifs is 1. The number of nitrogens with one attached hydrogen (secondary N) is 3. The first-order valence-electron chi connectivity index (χ1n) is 22.7. The molecule has 7 heterocycles. The van der Waals surface area contributed by atoms with Crippen LogP contribution in [0.25, 0.3) is 11.2 Å². The quantitative estimate of drug-likeness (QED) is 0.0261. The molecule has 0 spiro atoms. The molecule has 0 aromatic carbocycles. The lowest BCUT2D eigenvalue weighted by atomic mass is 10.1. The van der Waals surface area contributed by atoms with E-state index >= 15 is 0 Å². The summed E-state index contributed by atoms with van der Waals surface area (Å²) in [5.74, 6) is -0.225. The molecule has 3 aliphatic heterocycles. The summed E-state index contributed by atoms with van der Waals surface area (Å²) in [5, 5.41) is 9.23. The zero-order valence-corrected chi connectivity index (χ0v) is 47.8. The topological polar surface area (TPSA) is 399 Å². The van der Waals surface area contributed by atoms with Crippen molar-refractivity contribution in [2.45, 2.75) is 114 Å². The van der Waals surface area contributed by atoms with Gasteiger partial charge in [0.05, 0.1) is 38.9 Å². The van der Waals surface area contributed by atoms with Gasteiger partial charge in [-0.25, -0.2) is 32.8 Å². The molecule has 14 atom stereocenters. The minimum absolute atomic E-state index is 0.0227. The largest absolute Gasteiger partial charge is 0.396 e. The number of rotatable bonds is 25. The molecule has 0 saturated carbocycles. The van der Waals surface area contributed by atoms with Crippen LogP contribution in [0.5, 0.6) is 0 Å². The minimum Gasteiger partial charge on any atom is -0.396 e. The zero-order chi connectivity index (χ0) is 55.7. The fraction of sp³-hybridized carbons (Fsp3) is 0.649. The fourth-order valence-electron chi connectivity index (χ4n) is 8.07. The lowest BCUT2D eigenvalue weighted by molar-refractivity contribution is -0.0625. The molecule has 4 aromatic heterocycles. The van der Waals surface area contributed by atoms with E-state index in [1.807, 2.05) is 0 Å². The van der Waals surface area contributed by atoms with Gasteiger partial charge in [-0.3, -0.25) is 74.7 Å². The number of ether oxygens (including phenoxy) is 4. The van der Waals surface area contributed by atoms with Gasteiger partial charge in [-0.15, -0.1) is 0 Å². The zero-order valence-electron chi connectivity index (χ0n) is 40.7. The van der Waals surface area contributed by atoms with Crippen molar-refractivity contribution >= 4 is 93.3 Å². The van der Waals surface area contributed by atoms with Gasteiger partial charge < -0.3 is 34.3 Å². The molecule has 3 aliphatic rings. The molecule has 3 fully saturated rings. The molecule has 76 heavy (non-hydrogen) atoms. The van der Waals surface area contributed by atoms with Crippen LogP contribution in [-0.4, -0.2) is 133 Å². The number of thiol groups is 4. The molecule has 0 radical (unpaired) electrons. The Bertz CT molecular complexity index is 3250. The van der Waals surface area contributed by atoms with Crippen LogP contribution in [0, 0.1) is 13.8 Å². The van der Waals surface area contributed by atoms with Gasteiger partial charge in [-0.05, 0) is 34.1 Å². The maximum absolute atomic E-state index is 14.3. The van der Waals surface area contributed by atoms with E-state index in [1.165, 1.54) is 44.2 Å². The summed E-state index contributed by atoms with van der Waals surface area (Å²) < 4.78 is 128. The highest BCUT2D eigenvalue weighted by Crippen LogP contribution is 2.61. The van der Waals surface area contributed by atoms with Gasteiger partial charge in [0.1, 0.15) is 55.2 Å². The number of aromatic amines is 3. The van der Waals surface area contributed by atoms with Crippen molar-refractivity contribution in [2.24, 2.45) is 0 Å². The normalized spacial score (nSPS) is 28.1. The standard InChI is InChI=1S/C37H55N9O22P4S4/c1-17(2)65-70(54,74)59-13-23-21(10-26(63-23)46-16-39-27-30(46)40-35(38)41-33(27)50)67-71(55,75)60-14-22-20(9-25(62-22)44-11-18(3)31(48)42-36(44)51)66-72(56,76)61-15-24-28(68-69(53,73)58-8-6-7-47)29(57-5)34(64-24)45-12-19(4)32(49)43-37(45)52/h11-12,16-17,20-26,28-29,34,47H,6-10,13-15H2,1-5H3,(H,53,73)(H,54,74)(H,55,75)(H,56,76)(H,42,48,51)(H,43,49,52)(H3,38,40,41,50)/t20?,21?,22-,23-,24-,25-,26-,28?,29+,34-,69?,70?,71?,72?/m1/s1.